The van der Waals surface area contributed by atoms with Crippen LogP contribution in [0.1, 0.15) is 43.2 Å². The van der Waals surface area contributed by atoms with Crippen molar-refractivity contribution in [2.45, 2.75) is 51.5 Å². The molecule has 2 fully saturated rings. The van der Waals surface area contributed by atoms with Gasteiger partial charge in [-0.15, -0.1) is 12.4 Å². The summed E-state index contributed by atoms with van der Waals surface area (Å²) in [4.78, 5) is 14.9. The van der Waals surface area contributed by atoms with E-state index in [9.17, 15) is 4.79 Å². The van der Waals surface area contributed by atoms with Crippen molar-refractivity contribution in [3.8, 4) is 5.75 Å². The minimum absolute atomic E-state index is 0. The Kier molecular flexibility index (Phi) is 8.87. The van der Waals surface area contributed by atoms with E-state index in [0.717, 1.165) is 55.3 Å². The van der Waals surface area contributed by atoms with Crippen molar-refractivity contribution in [2.75, 3.05) is 39.5 Å². The number of hydrogen-bond acceptors (Lipinski definition) is 4. The van der Waals surface area contributed by atoms with Crippen molar-refractivity contribution in [1.82, 2.24) is 10.2 Å². The molecule has 28 heavy (non-hydrogen) atoms. The SMILES string of the molecule is Cc1cc(OCC(=O)NCC2(N3CCOCC3)CCCCC2)cc(C)c1Cl.Cl. The van der Waals surface area contributed by atoms with Crippen LogP contribution in [0.2, 0.25) is 5.02 Å². The average molecular weight is 431 g/mol. The molecule has 1 amide bonds. The molecule has 1 aromatic carbocycles. The lowest BCUT2D eigenvalue weighted by atomic mass is 9.79. The van der Waals surface area contributed by atoms with Crippen molar-refractivity contribution in [1.29, 1.82) is 0 Å². The summed E-state index contributed by atoms with van der Waals surface area (Å²) < 4.78 is 11.2. The van der Waals surface area contributed by atoms with E-state index in [4.69, 9.17) is 21.1 Å². The molecule has 1 aliphatic carbocycles. The summed E-state index contributed by atoms with van der Waals surface area (Å²) in [6.45, 7) is 8.08. The van der Waals surface area contributed by atoms with Gasteiger partial charge in [0.05, 0.1) is 13.2 Å². The molecule has 1 saturated carbocycles. The number of rotatable bonds is 6. The van der Waals surface area contributed by atoms with Crippen LogP contribution in [-0.4, -0.2) is 55.8 Å². The fourth-order valence-corrected chi connectivity index (χ4v) is 4.41. The minimum atomic E-state index is -0.0709. The van der Waals surface area contributed by atoms with Crippen molar-refractivity contribution in [3.05, 3.63) is 28.3 Å². The van der Waals surface area contributed by atoms with Gasteiger partial charge in [0.25, 0.3) is 5.91 Å². The van der Waals surface area contributed by atoms with E-state index in [2.05, 4.69) is 10.2 Å². The van der Waals surface area contributed by atoms with Crippen LogP contribution in [0.5, 0.6) is 5.75 Å². The van der Waals surface area contributed by atoms with Gasteiger partial charge in [-0.1, -0.05) is 30.9 Å². The molecule has 1 aliphatic heterocycles. The maximum absolute atomic E-state index is 12.4. The summed E-state index contributed by atoms with van der Waals surface area (Å²) >= 11 is 6.19. The first kappa shape index (κ1) is 23.3. The molecule has 0 spiro atoms. The topological polar surface area (TPSA) is 50.8 Å². The Labute approximate surface area is 179 Å². The van der Waals surface area contributed by atoms with Crippen LogP contribution in [-0.2, 0) is 9.53 Å². The van der Waals surface area contributed by atoms with Crippen LogP contribution < -0.4 is 10.1 Å². The van der Waals surface area contributed by atoms with Gasteiger partial charge in [-0.2, -0.15) is 0 Å². The van der Waals surface area contributed by atoms with Gasteiger partial charge in [0.1, 0.15) is 5.75 Å². The lowest BCUT2D eigenvalue weighted by Gasteiger charge is -2.48. The number of morpholine rings is 1. The summed E-state index contributed by atoms with van der Waals surface area (Å²) in [5.41, 5.74) is 1.99. The number of nitrogens with one attached hydrogen (secondary N) is 1. The number of amides is 1. The van der Waals surface area contributed by atoms with E-state index in [1.807, 2.05) is 26.0 Å². The first-order valence-corrected chi connectivity index (χ1v) is 10.4. The van der Waals surface area contributed by atoms with Crippen LogP contribution in [0.15, 0.2) is 12.1 Å². The molecule has 1 saturated heterocycles. The molecule has 0 radical (unpaired) electrons. The Morgan fingerprint density at radius 2 is 1.79 bits per heavy atom. The lowest BCUT2D eigenvalue weighted by Crippen LogP contribution is -2.60. The molecule has 0 unspecified atom stereocenters. The zero-order chi connectivity index (χ0) is 19.3. The van der Waals surface area contributed by atoms with Crippen molar-refractivity contribution in [3.63, 3.8) is 0 Å². The van der Waals surface area contributed by atoms with Gasteiger partial charge in [-0.3, -0.25) is 9.69 Å². The standard InChI is InChI=1S/C21H31ClN2O3.ClH/c1-16-12-18(13-17(2)20(16)22)27-14-19(25)23-15-21(6-4-3-5-7-21)24-8-10-26-11-9-24;/h12-13H,3-11,14-15H2,1-2H3,(H,23,25);1H. The monoisotopic (exact) mass is 430 g/mol. The number of benzene rings is 1. The maximum atomic E-state index is 12.4. The second kappa shape index (κ2) is 10.7. The summed E-state index contributed by atoms with van der Waals surface area (Å²) in [7, 11) is 0. The molecule has 2 aliphatic rings. The number of carbonyl (C=O) groups excluding carboxylic acids is 1. The molecule has 1 aromatic rings. The van der Waals surface area contributed by atoms with E-state index in [1.165, 1.54) is 19.3 Å². The molecule has 1 heterocycles. The number of hydrogen-bond donors (Lipinski definition) is 1. The van der Waals surface area contributed by atoms with Crippen LogP contribution in [0.4, 0.5) is 0 Å². The second-order valence-electron chi connectivity index (χ2n) is 7.82. The third kappa shape index (κ3) is 5.76. The van der Waals surface area contributed by atoms with E-state index in [1.54, 1.807) is 0 Å². The molecule has 0 aromatic heterocycles. The fraction of sp³-hybridized carbons (Fsp3) is 0.667. The van der Waals surface area contributed by atoms with Crippen molar-refractivity contribution in [2.24, 2.45) is 0 Å². The first-order valence-electron chi connectivity index (χ1n) is 9.99. The summed E-state index contributed by atoms with van der Waals surface area (Å²) in [5, 5.41) is 3.88. The van der Waals surface area contributed by atoms with Gasteiger partial charge in [0.15, 0.2) is 6.61 Å². The third-order valence-corrected chi connectivity index (χ3v) is 6.46. The number of ether oxygens (including phenoxy) is 2. The molecule has 0 bridgehead atoms. The van der Waals surface area contributed by atoms with E-state index >= 15 is 0 Å². The van der Waals surface area contributed by atoms with Crippen LogP contribution in [0.25, 0.3) is 0 Å². The quantitative estimate of drug-likeness (QED) is 0.742. The molecular weight excluding hydrogens is 399 g/mol. The molecule has 7 heteroatoms. The Balaban J connectivity index is 0.00000280. The molecule has 5 nitrogen and oxygen atoms in total. The largest absolute Gasteiger partial charge is 0.484 e. The number of nitrogens with zero attached hydrogens (tertiary/aromatic N) is 1. The minimum Gasteiger partial charge on any atom is -0.484 e. The Bertz CT molecular complexity index is 634. The second-order valence-corrected chi connectivity index (χ2v) is 8.20. The van der Waals surface area contributed by atoms with Crippen LogP contribution in [0, 0.1) is 13.8 Å². The zero-order valence-electron chi connectivity index (χ0n) is 16.9. The van der Waals surface area contributed by atoms with Crippen molar-refractivity contribution >= 4 is 29.9 Å². The number of aryl methyl sites for hydroxylation is 2. The van der Waals surface area contributed by atoms with Crippen LogP contribution >= 0.6 is 24.0 Å². The number of carbonyl (C=O) groups is 1. The Morgan fingerprint density at radius 3 is 2.39 bits per heavy atom. The molecule has 3 rings (SSSR count). The molecular formula is C21H32Cl2N2O3. The highest BCUT2D eigenvalue weighted by Gasteiger charge is 2.38. The highest BCUT2D eigenvalue weighted by atomic mass is 35.5. The number of halogens is 2. The Hall–Kier alpha value is -1.01. The van der Waals surface area contributed by atoms with Gasteiger partial charge >= 0.3 is 0 Å². The first-order chi connectivity index (χ1) is 13.0. The smallest absolute Gasteiger partial charge is 0.258 e. The normalized spacial score (nSPS) is 19.5. The van der Waals surface area contributed by atoms with Gasteiger partial charge in [0.2, 0.25) is 0 Å². The van der Waals surface area contributed by atoms with E-state index in [-0.39, 0.29) is 30.5 Å². The average Bonchev–Trinajstić information content (AvgIpc) is 2.70. The molecule has 1 N–H and O–H groups in total. The van der Waals surface area contributed by atoms with Gasteiger partial charge in [0, 0.05) is 30.2 Å². The maximum Gasteiger partial charge on any atom is 0.258 e. The van der Waals surface area contributed by atoms with Gasteiger partial charge in [-0.05, 0) is 49.9 Å². The van der Waals surface area contributed by atoms with E-state index in [0.29, 0.717) is 12.3 Å². The Morgan fingerprint density at radius 1 is 1.18 bits per heavy atom. The molecule has 158 valence electrons. The third-order valence-electron chi connectivity index (χ3n) is 5.86. The highest BCUT2D eigenvalue weighted by Crippen LogP contribution is 2.34. The zero-order valence-corrected chi connectivity index (χ0v) is 18.5. The summed E-state index contributed by atoms with van der Waals surface area (Å²) in [5.74, 6) is 0.614. The predicted molar refractivity (Wildman–Crippen MR) is 115 cm³/mol. The lowest BCUT2D eigenvalue weighted by molar-refractivity contribution is -0.124. The highest BCUT2D eigenvalue weighted by molar-refractivity contribution is 6.32. The van der Waals surface area contributed by atoms with Gasteiger partial charge < -0.3 is 14.8 Å². The van der Waals surface area contributed by atoms with Gasteiger partial charge in [-0.25, -0.2) is 0 Å². The van der Waals surface area contributed by atoms with Crippen molar-refractivity contribution < 1.29 is 14.3 Å². The van der Waals surface area contributed by atoms with E-state index < -0.39 is 0 Å². The predicted octanol–water partition coefficient (Wildman–Crippen LogP) is 3.91. The summed E-state index contributed by atoms with van der Waals surface area (Å²) in [6.07, 6.45) is 6.03. The molecule has 0 atom stereocenters. The van der Waals surface area contributed by atoms with Crippen LogP contribution in [0.3, 0.4) is 0 Å². The summed E-state index contributed by atoms with van der Waals surface area (Å²) in [6, 6.07) is 3.75. The fourth-order valence-electron chi connectivity index (χ4n) is 4.30.